The molecule has 3 rings (SSSR count). The lowest BCUT2D eigenvalue weighted by atomic mass is 10.0. The summed E-state index contributed by atoms with van der Waals surface area (Å²) in [6.07, 6.45) is 0. The first-order valence-corrected chi connectivity index (χ1v) is 8.99. The van der Waals surface area contributed by atoms with Crippen molar-refractivity contribution >= 4 is 35.1 Å². The summed E-state index contributed by atoms with van der Waals surface area (Å²) in [6.45, 7) is 2.71. The molecule has 9 heteroatoms. The van der Waals surface area contributed by atoms with E-state index in [2.05, 4.69) is 5.32 Å². The van der Waals surface area contributed by atoms with E-state index >= 15 is 0 Å². The van der Waals surface area contributed by atoms with E-state index in [1.807, 2.05) is 0 Å². The van der Waals surface area contributed by atoms with Gasteiger partial charge in [0.25, 0.3) is 5.91 Å². The fourth-order valence-electron chi connectivity index (χ4n) is 3.07. The Balaban J connectivity index is 1.91. The lowest BCUT2D eigenvalue weighted by Crippen LogP contribution is -2.54. The van der Waals surface area contributed by atoms with E-state index in [9.17, 15) is 24.3 Å². The van der Waals surface area contributed by atoms with Gasteiger partial charge in [-0.1, -0.05) is 12.1 Å². The molecule has 0 aliphatic carbocycles. The Morgan fingerprint density at radius 2 is 1.87 bits per heavy atom. The summed E-state index contributed by atoms with van der Waals surface area (Å²) >= 11 is 0. The Kier molecular flexibility index (Phi) is 5.46. The Hall–Kier alpha value is -3.88. The molecule has 9 nitrogen and oxygen atoms in total. The van der Waals surface area contributed by atoms with Crippen LogP contribution < -0.4 is 15.0 Å². The van der Waals surface area contributed by atoms with Crippen LogP contribution in [0, 0.1) is 0 Å². The van der Waals surface area contributed by atoms with Crippen LogP contribution in [0.3, 0.4) is 0 Å². The van der Waals surface area contributed by atoms with Crippen LogP contribution in [0.15, 0.2) is 42.5 Å². The fraction of sp³-hybridized carbons (Fsp3) is 0.238. The molecule has 0 aromatic heterocycles. The number of hydrogen-bond acceptors (Lipinski definition) is 6. The third-order valence-corrected chi connectivity index (χ3v) is 4.53. The second kappa shape index (κ2) is 7.86. The van der Waals surface area contributed by atoms with Crippen molar-refractivity contribution in [1.82, 2.24) is 0 Å². The van der Waals surface area contributed by atoms with Gasteiger partial charge in [-0.25, -0.2) is 9.59 Å². The topological polar surface area (TPSA) is 122 Å². The molecule has 1 aliphatic heterocycles. The number of benzene rings is 2. The lowest BCUT2D eigenvalue weighted by Gasteiger charge is -2.38. The highest BCUT2D eigenvalue weighted by atomic mass is 16.5. The maximum atomic E-state index is 12.9. The summed E-state index contributed by atoms with van der Waals surface area (Å²) in [7, 11) is 1.23. The van der Waals surface area contributed by atoms with Gasteiger partial charge in [0.2, 0.25) is 5.91 Å². The van der Waals surface area contributed by atoms with Gasteiger partial charge in [-0.3, -0.25) is 14.5 Å². The molecule has 0 atom stereocenters. The Morgan fingerprint density at radius 3 is 2.53 bits per heavy atom. The summed E-state index contributed by atoms with van der Waals surface area (Å²) in [5, 5.41) is 11.9. The molecule has 2 aromatic rings. The average molecular weight is 412 g/mol. The summed E-state index contributed by atoms with van der Waals surface area (Å²) in [5.74, 6) is -2.59. The molecule has 0 fully saturated rings. The summed E-state index contributed by atoms with van der Waals surface area (Å²) in [5.41, 5.74) is -0.728. The number of nitrogens with zero attached hydrogens (tertiary/aromatic N) is 1. The molecule has 0 spiro atoms. The van der Waals surface area contributed by atoms with Crippen LogP contribution in [-0.2, 0) is 14.3 Å². The third kappa shape index (κ3) is 3.95. The van der Waals surface area contributed by atoms with Crippen LogP contribution in [0.2, 0.25) is 0 Å². The Labute approximate surface area is 172 Å². The smallest absolute Gasteiger partial charge is 0.339 e. The van der Waals surface area contributed by atoms with Crippen molar-refractivity contribution in [2.24, 2.45) is 0 Å². The van der Waals surface area contributed by atoms with Gasteiger partial charge in [-0.15, -0.1) is 0 Å². The molecule has 156 valence electrons. The van der Waals surface area contributed by atoms with Crippen molar-refractivity contribution in [2.75, 3.05) is 23.9 Å². The van der Waals surface area contributed by atoms with Crippen LogP contribution in [0.4, 0.5) is 11.4 Å². The maximum absolute atomic E-state index is 12.9. The van der Waals surface area contributed by atoms with Crippen molar-refractivity contribution < 1.29 is 33.8 Å². The largest absolute Gasteiger partial charge is 0.478 e. The minimum Gasteiger partial charge on any atom is -0.478 e. The predicted molar refractivity (Wildman–Crippen MR) is 107 cm³/mol. The van der Waals surface area contributed by atoms with Crippen LogP contribution in [0.5, 0.6) is 5.75 Å². The van der Waals surface area contributed by atoms with Gasteiger partial charge in [0, 0.05) is 0 Å². The quantitative estimate of drug-likeness (QED) is 0.723. The van der Waals surface area contributed by atoms with E-state index in [4.69, 9.17) is 9.47 Å². The number of esters is 1. The number of carboxylic acids is 1. The number of aromatic carboxylic acids is 1. The first kappa shape index (κ1) is 20.8. The number of para-hydroxylation sites is 1. The van der Waals surface area contributed by atoms with Crippen molar-refractivity contribution in [3.63, 3.8) is 0 Å². The summed E-state index contributed by atoms with van der Waals surface area (Å²) < 4.78 is 10.4. The zero-order chi connectivity index (χ0) is 22.1. The van der Waals surface area contributed by atoms with Crippen molar-refractivity contribution in [3.05, 3.63) is 53.6 Å². The van der Waals surface area contributed by atoms with Crippen LogP contribution in [0.25, 0.3) is 0 Å². The Bertz CT molecular complexity index is 1050. The molecule has 0 radical (unpaired) electrons. The number of methoxy groups -OCH3 is 1. The number of carbonyl (C=O) groups is 4. The highest BCUT2D eigenvalue weighted by Gasteiger charge is 2.42. The lowest BCUT2D eigenvalue weighted by molar-refractivity contribution is -0.133. The van der Waals surface area contributed by atoms with Crippen LogP contribution >= 0.6 is 0 Å². The zero-order valence-corrected chi connectivity index (χ0v) is 16.6. The number of nitrogens with one attached hydrogen (secondary N) is 1. The third-order valence-electron chi connectivity index (χ3n) is 4.53. The van der Waals surface area contributed by atoms with Crippen LogP contribution in [0.1, 0.15) is 34.6 Å². The van der Waals surface area contributed by atoms with Gasteiger partial charge in [0.1, 0.15) is 12.3 Å². The molecular formula is C21H20N2O7. The highest BCUT2D eigenvalue weighted by Crippen LogP contribution is 2.38. The average Bonchev–Trinajstić information content (AvgIpc) is 2.70. The monoisotopic (exact) mass is 412 g/mol. The van der Waals surface area contributed by atoms with E-state index in [0.717, 1.165) is 0 Å². The van der Waals surface area contributed by atoms with Crippen molar-refractivity contribution in [1.29, 1.82) is 0 Å². The van der Waals surface area contributed by atoms with Crippen LogP contribution in [-0.4, -0.2) is 48.1 Å². The molecule has 0 bridgehead atoms. The molecule has 2 amide bonds. The van der Waals surface area contributed by atoms with E-state index in [-0.39, 0.29) is 28.3 Å². The molecule has 0 saturated carbocycles. The number of carbonyl (C=O) groups excluding carboxylic acids is 3. The van der Waals surface area contributed by atoms with Crippen molar-refractivity contribution in [2.45, 2.75) is 19.4 Å². The molecule has 30 heavy (non-hydrogen) atoms. The minimum absolute atomic E-state index is 0.0497. The van der Waals surface area contributed by atoms with E-state index < -0.39 is 35.9 Å². The number of amides is 2. The predicted octanol–water partition coefficient (Wildman–Crippen LogP) is 2.31. The molecule has 1 heterocycles. The molecule has 2 aromatic carbocycles. The van der Waals surface area contributed by atoms with Gasteiger partial charge < -0.3 is 19.9 Å². The zero-order valence-electron chi connectivity index (χ0n) is 16.6. The van der Waals surface area contributed by atoms with Gasteiger partial charge in [-0.2, -0.15) is 0 Å². The standard InChI is InChI=1S/C21H20N2O7/c1-21(2)20(28)23(15-10-12(18(25)26)8-9-16(15)30-21)11-17(24)22-14-7-5-4-6-13(14)19(27)29-3/h4-10H,11H2,1-3H3,(H,22,24)(H,25,26). The van der Waals surface area contributed by atoms with Crippen molar-refractivity contribution in [3.8, 4) is 5.75 Å². The summed E-state index contributed by atoms with van der Waals surface area (Å²) in [6, 6.07) is 10.4. The number of fused-ring (bicyclic) bond motifs is 1. The first-order chi connectivity index (χ1) is 14.1. The first-order valence-electron chi connectivity index (χ1n) is 8.99. The second-order valence-electron chi connectivity index (χ2n) is 7.08. The summed E-state index contributed by atoms with van der Waals surface area (Å²) in [4.78, 5) is 50.0. The van der Waals surface area contributed by atoms with E-state index in [1.165, 1.54) is 42.3 Å². The van der Waals surface area contributed by atoms with Gasteiger partial charge in [-0.05, 0) is 44.2 Å². The molecule has 0 unspecified atom stereocenters. The highest BCUT2D eigenvalue weighted by molar-refractivity contribution is 6.09. The second-order valence-corrected chi connectivity index (χ2v) is 7.08. The van der Waals surface area contributed by atoms with Gasteiger partial charge in [0.15, 0.2) is 5.60 Å². The number of hydrogen-bond donors (Lipinski definition) is 2. The minimum atomic E-state index is -1.25. The number of rotatable bonds is 5. The maximum Gasteiger partial charge on any atom is 0.339 e. The van der Waals surface area contributed by atoms with Gasteiger partial charge >= 0.3 is 11.9 Å². The van der Waals surface area contributed by atoms with E-state index in [1.54, 1.807) is 26.0 Å². The SMILES string of the molecule is COC(=O)c1ccccc1NC(=O)CN1C(=O)C(C)(C)Oc2ccc(C(=O)O)cc21. The molecular weight excluding hydrogens is 392 g/mol. The molecule has 2 N–H and O–H groups in total. The van der Waals surface area contributed by atoms with E-state index in [0.29, 0.717) is 0 Å². The normalized spacial score (nSPS) is 14.4. The number of ether oxygens (including phenoxy) is 2. The van der Waals surface area contributed by atoms with Gasteiger partial charge in [0.05, 0.1) is 29.6 Å². The number of anilines is 2. The Morgan fingerprint density at radius 1 is 1.17 bits per heavy atom. The molecule has 0 saturated heterocycles. The number of carboxylic acid groups (broad SMARTS) is 1. The fourth-order valence-corrected chi connectivity index (χ4v) is 3.07. The molecule has 1 aliphatic rings.